The van der Waals surface area contributed by atoms with Gasteiger partial charge in [-0.3, -0.25) is 4.79 Å². The van der Waals surface area contributed by atoms with Crippen LogP contribution in [0.4, 0.5) is 0 Å². The molecule has 5 nitrogen and oxygen atoms in total. The summed E-state index contributed by atoms with van der Waals surface area (Å²) in [5.41, 5.74) is 0.175. The van der Waals surface area contributed by atoms with Gasteiger partial charge in [0.1, 0.15) is 5.38 Å². The van der Waals surface area contributed by atoms with Crippen LogP contribution in [0.1, 0.15) is 18.9 Å². The molecule has 0 aromatic heterocycles. The van der Waals surface area contributed by atoms with Gasteiger partial charge in [-0.15, -0.1) is 11.6 Å². The van der Waals surface area contributed by atoms with Gasteiger partial charge in [0.05, 0.1) is 17.0 Å². The number of ether oxygens (including phenoxy) is 1. The van der Waals surface area contributed by atoms with Crippen molar-refractivity contribution < 1.29 is 17.9 Å². The average molecular weight is 332 g/mol. The Bertz CT molecular complexity index is 619. The van der Waals surface area contributed by atoms with E-state index in [9.17, 15) is 13.2 Å². The van der Waals surface area contributed by atoms with E-state index in [1.807, 2.05) is 0 Å². The summed E-state index contributed by atoms with van der Waals surface area (Å²) in [5, 5.41) is 2.28. The SMILES string of the molecule is CC(Cl)C(=O)NC1(c2ccc(S(C)(=O)=O)cc2)CCOC1. The number of alkyl halides is 1. The number of halogens is 1. The molecule has 7 heteroatoms. The van der Waals surface area contributed by atoms with Gasteiger partial charge in [0.15, 0.2) is 9.84 Å². The van der Waals surface area contributed by atoms with Gasteiger partial charge < -0.3 is 10.1 Å². The molecular formula is C14H18ClNO4S. The van der Waals surface area contributed by atoms with Crippen LogP contribution in [0.2, 0.25) is 0 Å². The number of benzene rings is 1. The maximum atomic E-state index is 11.9. The average Bonchev–Trinajstić information content (AvgIpc) is 2.87. The molecule has 1 heterocycles. The van der Waals surface area contributed by atoms with Crippen molar-refractivity contribution >= 4 is 27.3 Å². The molecule has 1 amide bonds. The Morgan fingerprint density at radius 2 is 2.00 bits per heavy atom. The maximum absolute atomic E-state index is 11.9. The fraction of sp³-hybridized carbons (Fsp3) is 0.500. The van der Waals surface area contributed by atoms with Gasteiger partial charge >= 0.3 is 0 Å². The first-order valence-electron chi connectivity index (χ1n) is 6.59. The first-order valence-corrected chi connectivity index (χ1v) is 8.92. The van der Waals surface area contributed by atoms with Crippen LogP contribution in [0.3, 0.4) is 0 Å². The van der Waals surface area contributed by atoms with Crippen molar-refractivity contribution in [1.29, 1.82) is 0 Å². The molecule has 116 valence electrons. The summed E-state index contributed by atoms with van der Waals surface area (Å²) in [6.45, 7) is 2.48. The number of hydrogen-bond donors (Lipinski definition) is 1. The monoisotopic (exact) mass is 331 g/mol. The summed E-state index contributed by atoms with van der Waals surface area (Å²) in [7, 11) is -3.24. The predicted octanol–water partition coefficient (Wildman–Crippen LogP) is 1.45. The maximum Gasteiger partial charge on any atom is 0.238 e. The molecule has 0 radical (unpaired) electrons. The van der Waals surface area contributed by atoms with Crippen LogP contribution in [-0.4, -0.2) is 39.2 Å². The molecule has 2 atom stereocenters. The van der Waals surface area contributed by atoms with Crippen LogP contribution < -0.4 is 5.32 Å². The van der Waals surface area contributed by atoms with E-state index in [1.165, 1.54) is 0 Å². The number of sulfone groups is 1. The Kier molecular flexibility index (Phi) is 4.60. The van der Waals surface area contributed by atoms with Crippen molar-refractivity contribution in [3.8, 4) is 0 Å². The van der Waals surface area contributed by atoms with E-state index in [0.29, 0.717) is 19.6 Å². The highest BCUT2D eigenvalue weighted by molar-refractivity contribution is 7.90. The lowest BCUT2D eigenvalue weighted by atomic mass is 9.89. The molecule has 0 spiro atoms. The van der Waals surface area contributed by atoms with Crippen molar-refractivity contribution in [3.63, 3.8) is 0 Å². The van der Waals surface area contributed by atoms with Crippen molar-refractivity contribution in [1.82, 2.24) is 5.32 Å². The molecule has 0 saturated carbocycles. The van der Waals surface area contributed by atoms with Gasteiger partial charge in [0.25, 0.3) is 0 Å². The fourth-order valence-corrected chi connectivity index (χ4v) is 3.00. The molecule has 0 aliphatic carbocycles. The summed E-state index contributed by atoms with van der Waals surface area (Å²) in [4.78, 5) is 12.2. The first-order chi connectivity index (χ1) is 9.74. The molecule has 1 aliphatic heterocycles. The molecule has 2 rings (SSSR count). The Morgan fingerprint density at radius 3 is 2.43 bits per heavy atom. The molecule has 21 heavy (non-hydrogen) atoms. The number of rotatable bonds is 4. The number of carbonyl (C=O) groups excluding carboxylic acids is 1. The van der Waals surface area contributed by atoms with Crippen molar-refractivity contribution in [2.45, 2.75) is 29.2 Å². The van der Waals surface area contributed by atoms with Crippen LogP contribution in [0, 0.1) is 0 Å². The topological polar surface area (TPSA) is 72.5 Å². The second-order valence-electron chi connectivity index (χ2n) is 5.29. The smallest absolute Gasteiger partial charge is 0.238 e. The molecular weight excluding hydrogens is 314 g/mol. The minimum atomic E-state index is -3.24. The number of hydrogen-bond acceptors (Lipinski definition) is 4. The zero-order valence-electron chi connectivity index (χ0n) is 11.9. The van der Waals surface area contributed by atoms with E-state index in [-0.39, 0.29) is 10.8 Å². The van der Waals surface area contributed by atoms with Crippen molar-refractivity contribution in [3.05, 3.63) is 29.8 Å². The third kappa shape index (κ3) is 3.56. The number of nitrogens with one attached hydrogen (secondary N) is 1. The van der Waals surface area contributed by atoms with Gasteiger partial charge in [0.2, 0.25) is 5.91 Å². The Labute approximate surface area is 129 Å². The molecule has 2 unspecified atom stereocenters. The summed E-state index contributed by atoms with van der Waals surface area (Å²) < 4.78 is 28.4. The zero-order chi connectivity index (χ0) is 15.7. The van der Waals surface area contributed by atoms with E-state index >= 15 is 0 Å². The highest BCUT2D eigenvalue weighted by Gasteiger charge is 2.38. The fourth-order valence-electron chi connectivity index (χ4n) is 2.32. The van der Waals surface area contributed by atoms with Crippen LogP contribution in [0.5, 0.6) is 0 Å². The summed E-state index contributed by atoms with van der Waals surface area (Å²) in [6, 6.07) is 6.51. The van der Waals surface area contributed by atoms with E-state index in [4.69, 9.17) is 16.3 Å². The quantitative estimate of drug-likeness (QED) is 0.848. The highest BCUT2D eigenvalue weighted by Crippen LogP contribution is 2.31. The molecule has 1 fully saturated rings. The van der Waals surface area contributed by atoms with E-state index in [1.54, 1.807) is 31.2 Å². The Balaban J connectivity index is 2.32. The first kappa shape index (κ1) is 16.3. The van der Waals surface area contributed by atoms with E-state index in [2.05, 4.69) is 5.32 Å². The standard InChI is InChI=1S/C14H18ClNO4S/c1-10(15)13(17)16-14(7-8-20-9-14)11-3-5-12(6-4-11)21(2,18)19/h3-6,10H,7-9H2,1-2H3,(H,16,17). The number of carbonyl (C=O) groups is 1. The molecule has 1 aromatic carbocycles. The molecule has 1 aromatic rings. The van der Waals surface area contributed by atoms with Crippen molar-refractivity contribution in [2.75, 3.05) is 19.5 Å². The largest absolute Gasteiger partial charge is 0.379 e. The third-order valence-electron chi connectivity index (χ3n) is 3.58. The molecule has 0 bridgehead atoms. The Morgan fingerprint density at radius 1 is 1.38 bits per heavy atom. The predicted molar refractivity (Wildman–Crippen MR) is 80.1 cm³/mol. The molecule has 1 N–H and O–H groups in total. The minimum Gasteiger partial charge on any atom is -0.379 e. The van der Waals surface area contributed by atoms with Crippen LogP contribution >= 0.6 is 11.6 Å². The Hall–Kier alpha value is -1.11. The lowest BCUT2D eigenvalue weighted by Gasteiger charge is -2.30. The normalized spacial score (nSPS) is 23.8. The zero-order valence-corrected chi connectivity index (χ0v) is 13.5. The van der Waals surface area contributed by atoms with Crippen LogP contribution in [0.15, 0.2) is 29.2 Å². The number of amides is 1. The summed E-state index contributed by atoms with van der Waals surface area (Å²) in [5.74, 6) is -0.269. The van der Waals surface area contributed by atoms with Gasteiger partial charge in [-0.2, -0.15) is 0 Å². The van der Waals surface area contributed by atoms with Crippen LogP contribution in [-0.2, 0) is 24.9 Å². The molecule has 1 saturated heterocycles. The van der Waals surface area contributed by atoms with Gasteiger partial charge in [0, 0.05) is 19.3 Å². The van der Waals surface area contributed by atoms with E-state index in [0.717, 1.165) is 11.8 Å². The minimum absolute atomic E-state index is 0.248. The highest BCUT2D eigenvalue weighted by atomic mass is 35.5. The second kappa shape index (κ2) is 5.94. The summed E-state index contributed by atoms with van der Waals surface area (Å²) in [6.07, 6.45) is 1.79. The van der Waals surface area contributed by atoms with Gasteiger partial charge in [-0.1, -0.05) is 12.1 Å². The lowest BCUT2D eigenvalue weighted by Crippen LogP contribution is -2.48. The second-order valence-corrected chi connectivity index (χ2v) is 7.96. The molecule has 1 aliphatic rings. The van der Waals surface area contributed by atoms with Gasteiger partial charge in [-0.05, 0) is 24.6 Å². The van der Waals surface area contributed by atoms with E-state index < -0.39 is 20.8 Å². The van der Waals surface area contributed by atoms with Gasteiger partial charge in [-0.25, -0.2) is 8.42 Å². The lowest BCUT2D eigenvalue weighted by molar-refractivity contribution is -0.122. The third-order valence-corrected chi connectivity index (χ3v) is 4.91. The summed E-state index contributed by atoms with van der Waals surface area (Å²) >= 11 is 5.81. The van der Waals surface area contributed by atoms with Crippen molar-refractivity contribution in [2.24, 2.45) is 0 Å². The van der Waals surface area contributed by atoms with Crippen LogP contribution in [0.25, 0.3) is 0 Å².